The summed E-state index contributed by atoms with van der Waals surface area (Å²) in [4.78, 5) is 16.9. The van der Waals surface area contributed by atoms with Crippen molar-refractivity contribution >= 4 is 96.5 Å². The molecule has 0 aromatic carbocycles. The molecular formula is C12H32Na3O5P. The molecule has 0 aromatic heterocycles. The van der Waals surface area contributed by atoms with Crippen molar-refractivity contribution in [3.8, 4) is 0 Å². The first-order valence-corrected chi connectivity index (χ1v) is 8.29. The molecular weight excluding hydrogens is 324 g/mol. The molecule has 0 aliphatic carbocycles. The van der Waals surface area contributed by atoms with Crippen molar-refractivity contribution in [2.75, 3.05) is 6.61 Å². The molecule has 0 spiro atoms. The quantitative estimate of drug-likeness (QED) is 0.312. The van der Waals surface area contributed by atoms with E-state index in [4.69, 9.17) is 9.79 Å². The molecule has 4 N–H and O–H groups in total. The van der Waals surface area contributed by atoms with E-state index in [-0.39, 0.29) is 101 Å². The minimum absolute atomic E-state index is 0. The third-order valence-corrected chi connectivity index (χ3v) is 3.28. The molecule has 0 fully saturated rings. The zero-order valence-corrected chi connectivity index (χ0v) is 12.3. The monoisotopic (exact) mass is 356 g/mol. The molecule has 5 nitrogen and oxygen atoms in total. The number of unbranched alkanes of at least 4 members (excludes halogenated alkanes) is 9. The van der Waals surface area contributed by atoms with Crippen molar-refractivity contribution in [2.24, 2.45) is 0 Å². The first-order valence-electron chi connectivity index (χ1n) is 6.76. The Labute approximate surface area is 196 Å². The van der Waals surface area contributed by atoms with Crippen LogP contribution in [0.5, 0.6) is 0 Å². The van der Waals surface area contributed by atoms with Crippen LogP contribution in [0.2, 0.25) is 0 Å². The van der Waals surface area contributed by atoms with E-state index in [2.05, 4.69) is 11.4 Å². The Kier molecular flexibility index (Phi) is 42.5. The molecule has 0 saturated heterocycles. The Bertz CT molecular complexity index is 217. The molecule has 0 saturated carbocycles. The van der Waals surface area contributed by atoms with E-state index in [1.165, 1.54) is 44.9 Å². The summed E-state index contributed by atoms with van der Waals surface area (Å²) < 4.78 is 14.7. The van der Waals surface area contributed by atoms with Crippen molar-refractivity contribution in [2.45, 2.75) is 71.1 Å². The van der Waals surface area contributed by atoms with Gasteiger partial charge in [0.05, 0.1) is 6.61 Å². The second-order valence-corrected chi connectivity index (χ2v) is 5.75. The third-order valence-electron chi connectivity index (χ3n) is 2.76. The van der Waals surface area contributed by atoms with Crippen LogP contribution in [0.15, 0.2) is 0 Å². The van der Waals surface area contributed by atoms with Crippen LogP contribution < -0.4 is 0 Å². The van der Waals surface area contributed by atoms with Crippen molar-refractivity contribution in [1.82, 2.24) is 0 Å². The molecule has 9 heteroatoms. The van der Waals surface area contributed by atoms with Crippen LogP contribution in [-0.2, 0) is 9.09 Å². The Morgan fingerprint density at radius 2 is 1.10 bits per heavy atom. The summed E-state index contributed by atoms with van der Waals surface area (Å²) in [6.45, 7) is 2.39. The van der Waals surface area contributed by atoms with Crippen molar-refractivity contribution in [3.05, 3.63) is 0 Å². The molecule has 0 aromatic rings. The van der Waals surface area contributed by atoms with E-state index >= 15 is 0 Å². The SMILES string of the molecule is CCCCCCCCCCCCOP(=O)(O)O.O.[NaH].[NaH].[NaH]. The van der Waals surface area contributed by atoms with Gasteiger partial charge in [0.25, 0.3) is 0 Å². The number of hydrogen-bond acceptors (Lipinski definition) is 2. The summed E-state index contributed by atoms with van der Waals surface area (Å²) in [5, 5.41) is 0. The summed E-state index contributed by atoms with van der Waals surface area (Å²) in [5.74, 6) is 0. The van der Waals surface area contributed by atoms with Gasteiger partial charge in [-0.2, -0.15) is 0 Å². The van der Waals surface area contributed by atoms with Crippen LogP contribution in [0, 0.1) is 0 Å². The molecule has 0 aliphatic rings. The molecule has 0 bridgehead atoms. The van der Waals surface area contributed by atoms with Crippen LogP contribution in [-0.4, -0.2) is 111 Å². The van der Waals surface area contributed by atoms with Crippen LogP contribution in [0.4, 0.5) is 0 Å². The molecule has 0 rings (SSSR count). The van der Waals surface area contributed by atoms with E-state index in [1.54, 1.807) is 0 Å². The number of phosphoric acid groups is 1. The summed E-state index contributed by atoms with van der Waals surface area (Å²) in [7, 11) is -4.24. The predicted octanol–water partition coefficient (Wildman–Crippen LogP) is 1.25. The fourth-order valence-electron chi connectivity index (χ4n) is 1.77. The Morgan fingerprint density at radius 1 is 0.762 bits per heavy atom. The third kappa shape index (κ3) is 35.1. The van der Waals surface area contributed by atoms with Crippen molar-refractivity contribution < 1.29 is 24.4 Å². The zero-order valence-electron chi connectivity index (χ0n) is 11.4. The second-order valence-electron chi connectivity index (χ2n) is 4.51. The molecule has 0 atom stereocenters. The van der Waals surface area contributed by atoms with Gasteiger partial charge in [0, 0.05) is 0 Å². The molecule has 0 amide bonds. The van der Waals surface area contributed by atoms with Gasteiger partial charge in [-0.3, -0.25) is 4.52 Å². The first-order chi connectivity index (χ1) is 8.06. The number of phosphoric ester groups is 1. The molecule has 21 heavy (non-hydrogen) atoms. The Hall–Kier alpha value is 3.07. The summed E-state index contributed by atoms with van der Waals surface area (Å²) in [6, 6.07) is 0. The Balaban J connectivity index is -0.000000213. The van der Waals surface area contributed by atoms with Crippen LogP contribution in [0.3, 0.4) is 0 Å². The van der Waals surface area contributed by atoms with Crippen LogP contribution in [0.25, 0.3) is 0 Å². The predicted molar refractivity (Wildman–Crippen MR) is 94.9 cm³/mol. The van der Waals surface area contributed by atoms with Gasteiger partial charge in [-0.15, -0.1) is 0 Å². The van der Waals surface area contributed by atoms with Gasteiger partial charge in [-0.25, -0.2) is 4.57 Å². The number of rotatable bonds is 12. The second kappa shape index (κ2) is 25.3. The number of hydrogen-bond donors (Lipinski definition) is 2. The van der Waals surface area contributed by atoms with Gasteiger partial charge in [-0.1, -0.05) is 64.7 Å². The molecule has 0 heterocycles. The molecule has 0 aliphatic heterocycles. The standard InChI is InChI=1S/C12H27O4P.3Na.H2O.3H/c1-2-3-4-5-6-7-8-9-10-11-12-16-17(13,14)15;;;;;;;/h2-12H2,1H3,(H2,13,14,15);;;;1H2;;;. The zero-order chi connectivity index (χ0) is 13.0. The van der Waals surface area contributed by atoms with Gasteiger partial charge < -0.3 is 15.3 Å². The van der Waals surface area contributed by atoms with Crippen molar-refractivity contribution in [1.29, 1.82) is 0 Å². The fourth-order valence-corrected chi connectivity index (χ4v) is 2.14. The topological polar surface area (TPSA) is 98.3 Å². The van der Waals surface area contributed by atoms with E-state index in [1.807, 2.05) is 0 Å². The van der Waals surface area contributed by atoms with Crippen LogP contribution >= 0.6 is 7.82 Å². The minimum atomic E-state index is -4.24. The maximum absolute atomic E-state index is 10.4. The molecule has 0 unspecified atom stereocenters. The molecule has 0 radical (unpaired) electrons. The fraction of sp³-hybridized carbons (Fsp3) is 1.00. The van der Waals surface area contributed by atoms with Gasteiger partial charge in [0.1, 0.15) is 0 Å². The van der Waals surface area contributed by atoms with Crippen molar-refractivity contribution in [3.63, 3.8) is 0 Å². The Morgan fingerprint density at radius 3 is 1.43 bits per heavy atom. The normalized spacial score (nSPS) is 9.67. The van der Waals surface area contributed by atoms with E-state index in [9.17, 15) is 4.57 Å². The first kappa shape index (κ1) is 35.2. The molecule has 118 valence electrons. The van der Waals surface area contributed by atoms with E-state index < -0.39 is 7.82 Å². The summed E-state index contributed by atoms with van der Waals surface area (Å²) >= 11 is 0. The summed E-state index contributed by atoms with van der Waals surface area (Å²) in [6.07, 6.45) is 12.0. The van der Waals surface area contributed by atoms with Gasteiger partial charge in [0.15, 0.2) is 0 Å². The average molecular weight is 356 g/mol. The maximum atomic E-state index is 10.4. The van der Waals surface area contributed by atoms with Gasteiger partial charge in [-0.05, 0) is 6.42 Å². The van der Waals surface area contributed by atoms with E-state index in [0.717, 1.165) is 19.3 Å². The van der Waals surface area contributed by atoms with E-state index in [0.29, 0.717) is 0 Å². The van der Waals surface area contributed by atoms with Gasteiger partial charge >= 0.3 is 96.5 Å². The average Bonchev–Trinajstić information content (AvgIpc) is 2.24. The van der Waals surface area contributed by atoms with Crippen LogP contribution in [0.1, 0.15) is 71.1 Å². The van der Waals surface area contributed by atoms with Gasteiger partial charge in [0.2, 0.25) is 0 Å². The summed E-state index contributed by atoms with van der Waals surface area (Å²) in [5.41, 5.74) is 0.